The third-order valence-electron chi connectivity index (χ3n) is 3.71. The van der Waals surface area contributed by atoms with Crippen LogP contribution in [0.15, 0.2) is 30.6 Å². The average molecular weight is 351 g/mol. The number of aliphatic hydroxyl groups excluding tert-OH is 1. The number of H-pyrrole nitrogens is 1. The van der Waals surface area contributed by atoms with Crippen LogP contribution in [0.1, 0.15) is 10.5 Å². The number of β-amino-alcohol motifs (C(OH)–C–C–N with tert-alkyl or cyclic N) is 1. The summed E-state index contributed by atoms with van der Waals surface area (Å²) in [6.07, 6.45) is 3.34. The van der Waals surface area contributed by atoms with Crippen molar-refractivity contribution in [2.24, 2.45) is 0 Å². The number of nitrogens with zero attached hydrogens (tertiary/aromatic N) is 3. The molecule has 1 fully saturated rings. The van der Waals surface area contributed by atoms with Crippen LogP contribution in [0, 0.1) is 0 Å². The van der Waals surface area contributed by atoms with Gasteiger partial charge in [-0.2, -0.15) is 5.10 Å². The van der Waals surface area contributed by atoms with Gasteiger partial charge >= 0.3 is 0 Å². The van der Waals surface area contributed by atoms with E-state index in [0.717, 1.165) is 11.8 Å². The standard InChI is InChI=1S/C14H17N5O4S/c1-24(22,23)18-12-7-19(8-13(12)20)14(21)11-5-10(16-17-11)9-3-2-4-15-6-9/h2-6,12-13,18,20H,7-8H2,1H3,(H,16,17)/t12-,13-/m1/s1. The summed E-state index contributed by atoms with van der Waals surface area (Å²) in [4.78, 5) is 17.9. The van der Waals surface area contributed by atoms with E-state index in [1.807, 2.05) is 6.07 Å². The number of nitrogens with one attached hydrogen (secondary N) is 2. The summed E-state index contributed by atoms with van der Waals surface area (Å²) < 4.78 is 24.9. The van der Waals surface area contributed by atoms with Crippen molar-refractivity contribution >= 4 is 15.9 Å². The van der Waals surface area contributed by atoms with Crippen LogP contribution in [0.4, 0.5) is 0 Å². The first kappa shape index (κ1) is 16.6. The first-order valence-electron chi connectivity index (χ1n) is 7.24. The molecule has 24 heavy (non-hydrogen) atoms. The normalized spacial score (nSPS) is 21.2. The third kappa shape index (κ3) is 3.61. The molecule has 1 saturated heterocycles. The van der Waals surface area contributed by atoms with Crippen molar-refractivity contribution in [2.75, 3.05) is 19.3 Å². The van der Waals surface area contributed by atoms with E-state index in [1.165, 1.54) is 4.90 Å². The fraction of sp³-hybridized carbons (Fsp3) is 0.357. The lowest BCUT2D eigenvalue weighted by Crippen LogP contribution is -2.42. The van der Waals surface area contributed by atoms with Crippen LogP contribution >= 0.6 is 0 Å². The van der Waals surface area contributed by atoms with E-state index < -0.39 is 22.2 Å². The fourth-order valence-corrected chi connectivity index (χ4v) is 3.39. The molecule has 10 heteroatoms. The summed E-state index contributed by atoms with van der Waals surface area (Å²) in [5, 5.41) is 16.7. The number of sulfonamides is 1. The van der Waals surface area contributed by atoms with Crippen molar-refractivity contribution in [2.45, 2.75) is 12.1 Å². The fourth-order valence-electron chi connectivity index (χ4n) is 2.61. The zero-order valence-electron chi connectivity index (χ0n) is 12.9. The summed E-state index contributed by atoms with van der Waals surface area (Å²) >= 11 is 0. The molecule has 3 rings (SSSR count). The van der Waals surface area contributed by atoms with E-state index in [-0.39, 0.29) is 24.7 Å². The second kappa shape index (κ2) is 6.30. The molecule has 0 aliphatic carbocycles. The predicted molar refractivity (Wildman–Crippen MR) is 85.5 cm³/mol. The second-order valence-corrected chi connectivity index (χ2v) is 7.46. The summed E-state index contributed by atoms with van der Waals surface area (Å²) in [6, 6.07) is 4.47. The molecule has 9 nitrogen and oxygen atoms in total. The number of hydrogen-bond donors (Lipinski definition) is 3. The van der Waals surface area contributed by atoms with E-state index >= 15 is 0 Å². The van der Waals surface area contributed by atoms with Crippen LogP contribution in [0.25, 0.3) is 11.3 Å². The van der Waals surface area contributed by atoms with Crippen LogP contribution in [-0.2, 0) is 10.0 Å². The first-order valence-corrected chi connectivity index (χ1v) is 9.13. The number of rotatable bonds is 4. The van der Waals surface area contributed by atoms with Gasteiger partial charge in [0.2, 0.25) is 10.0 Å². The third-order valence-corrected chi connectivity index (χ3v) is 4.44. The number of aliphatic hydroxyl groups is 1. The van der Waals surface area contributed by atoms with Crippen molar-refractivity contribution < 1.29 is 18.3 Å². The van der Waals surface area contributed by atoms with Crippen LogP contribution in [-0.4, -0.2) is 71.0 Å². The van der Waals surface area contributed by atoms with E-state index in [9.17, 15) is 18.3 Å². The molecular formula is C14H17N5O4S. The Kier molecular flexibility index (Phi) is 4.35. The smallest absolute Gasteiger partial charge is 0.272 e. The highest BCUT2D eigenvalue weighted by Gasteiger charge is 2.36. The zero-order valence-corrected chi connectivity index (χ0v) is 13.7. The molecule has 0 radical (unpaired) electrons. The van der Waals surface area contributed by atoms with Crippen molar-refractivity contribution in [3.05, 3.63) is 36.3 Å². The summed E-state index contributed by atoms with van der Waals surface area (Å²) in [5.74, 6) is -0.352. The molecule has 1 aliphatic heterocycles. The monoisotopic (exact) mass is 351 g/mol. The Morgan fingerprint density at radius 1 is 1.46 bits per heavy atom. The van der Waals surface area contributed by atoms with Gasteiger partial charge in [0.25, 0.3) is 5.91 Å². The van der Waals surface area contributed by atoms with Gasteiger partial charge in [-0.05, 0) is 18.2 Å². The SMILES string of the molecule is CS(=O)(=O)N[C@@H]1CN(C(=O)c2cc(-c3cccnc3)n[nH]2)C[C@H]1O. The Labute approximate surface area is 138 Å². The molecule has 128 valence electrons. The van der Waals surface area contributed by atoms with E-state index in [1.54, 1.807) is 24.5 Å². The number of hydrogen-bond acceptors (Lipinski definition) is 6. The highest BCUT2D eigenvalue weighted by molar-refractivity contribution is 7.88. The van der Waals surface area contributed by atoms with Gasteiger partial charge in [-0.3, -0.25) is 14.9 Å². The Hall–Kier alpha value is -2.30. The molecule has 2 aromatic heterocycles. The highest BCUT2D eigenvalue weighted by Crippen LogP contribution is 2.19. The maximum atomic E-state index is 12.5. The summed E-state index contributed by atoms with van der Waals surface area (Å²) in [5.41, 5.74) is 1.61. The first-order chi connectivity index (χ1) is 11.3. The van der Waals surface area contributed by atoms with Crippen molar-refractivity contribution in [3.8, 4) is 11.3 Å². The van der Waals surface area contributed by atoms with Crippen molar-refractivity contribution in [3.63, 3.8) is 0 Å². The molecule has 0 unspecified atom stereocenters. The summed E-state index contributed by atoms with van der Waals surface area (Å²) in [6.45, 7) is 0.140. The van der Waals surface area contributed by atoms with Gasteiger partial charge in [0.15, 0.2) is 0 Å². The zero-order chi connectivity index (χ0) is 17.3. The average Bonchev–Trinajstić information content (AvgIpc) is 3.14. The molecule has 0 aromatic carbocycles. The van der Waals surface area contributed by atoms with Gasteiger partial charge in [0.05, 0.1) is 24.1 Å². The van der Waals surface area contributed by atoms with Crippen molar-refractivity contribution in [1.29, 1.82) is 0 Å². The predicted octanol–water partition coefficient (Wildman–Crippen LogP) is -0.794. The number of aromatic nitrogens is 3. The molecule has 3 N–H and O–H groups in total. The van der Waals surface area contributed by atoms with Gasteiger partial charge in [-0.1, -0.05) is 0 Å². The largest absolute Gasteiger partial charge is 0.390 e. The minimum Gasteiger partial charge on any atom is -0.390 e. The molecule has 0 bridgehead atoms. The maximum Gasteiger partial charge on any atom is 0.272 e. The summed E-state index contributed by atoms with van der Waals surface area (Å²) in [7, 11) is -3.46. The molecule has 2 atom stereocenters. The van der Waals surface area contributed by atoms with E-state index in [0.29, 0.717) is 5.69 Å². The second-order valence-electron chi connectivity index (χ2n) is 5.68. The van der Waals surface area contributed by atoms with Gasteiger partial charge in [0, 0.05) is 31.0 Å². The number of likely N-dealkylation sites (tertiary alicyclic amines) is 1. The van der Waals surface area contributed by atoms with Crippen LogP contribution in [0.5, 0.6) is 0 Å². The Morgan fingerprint density at radius 3 is 2.92 bits per heavy atom. The van der Waals surface area contributed by atoms with E-state index in [4.69, 9.17) is 0 Å². The Balaban J connectivity index is 1.73. The maximum absolute atomic E-state index is 12.5. The van der Waals surface area contributed by atoms with Crippen LogP contribution < -0.4 is 4.72 Å². The van der Waals surface area contributed by atoms with Gasteiger partial charge in [0.1, 0.15) is 5.69 Å². The lowest BCUT2D eigenvalue weighted by atomic mass is 10.2. The Bertz CT molecular complexity index is 836. The van der Waals surface area contributed by atoms with Crippen LogP contribution in [0.2, 0.25) is 0 Å². The van der Waals surface area contributed by atoms with E-state index in [2.05, 4.69) is 19.9 Å². The molecule has 0 saturated carbocycles. The quantitative estimate of drug-likeness (QED) is 0.662. The number of pyridine rings is 1. The Morgan fingerprint density at radius 2 is 2.25 bits per heavy atom. The molecule has 3 heterocycles. The van der Waals surface area contributed by atoms with Gasteiger partial charge in [-0.15, -0.1) is 0 Å². The number of amides is 1. The molecule has 2 aromatic rings. The number of carbonyl (C=O) groups excluding carboxylic acids is 1. The van der Waals surface area contributed by atoms with Gasteiger partial charge < -0.3 is 10.0 Å². The minimum atomic E-state index is -3.46. The minimum absolute atomic E-state index is 0.0489. The molecule has 1 amide bonds. The molecule has 1 aliphatic rings. The van der Waals surface area contributed by atoms with Crippen LogP contribution in [0.3, 0.4) is 0 Å². The number of aromatic amines is 1. The molecule has 0 spiro atoms. The number of carbonyl (C=O) groups is 1. The van der Waals surface area contributed by atoms with Crippen molar-refractivity contribution in [1.82, 2.24) is 24.8 Å². The van der Waals surface area contributed by atoms with Gasteiger partial charge in [-0.25, -0.2) is 13.1 Å². The highest BCUT2D eigenvalue weighted by atomic mass is 32.2. The lowest BCUT2D eigenvalue weighted by molar-refractivity contribution is 0.0759. The lowest BCUT2D eigenvalue weighted by Gasteiger charge is -2.15. The molecular weight excluding hydrogens is 334 g/mol. The topological polar surface area (TPSA) is 128 Å².